The molecule has 0 radical (unpaired) electrons. The number of carbonyl (C=O) groups is 2. The lowest BCUT2D eigenvalue weighted by Crippen LogP contribution is -2.50. The molecule has 4 aliphatic rings. The molecule has 0 aromatic heterocycles. The van der Waals surface area contributed by atoms with Gasteiger partial charge >= 0.3 is 0 Å². The Hall–Kier alpha value is -2.59. The number of aliphatic hydroxyl groups excluding tert-OH is 1. The number of piperidine rings is 1. The largest absolute Gasteiger partial charge is 0.393 e. The lowest BCUT2D eigenvalue weighted by Gasteiger charge is -2.41. The molecule has 1 spiro atoms. The van der Waals surface area contributed by atoms with E-state index in [1.54, 1.807) is 6.07 Å². The number of anilines is 2. The topological polar surface area (TPSA) is 96.7 Å². The van der Waals surface area contributed by atoms with Crippen LogP contribution in [0.4, 0.5) is 11.4 Å². The van der Waals surface area contributed by atoms with Crippen LogP contribution in [-0.2, 0) is 9.59 Å². The van der Waals surface area contributed by atoms with Crippen molar-refractivity contribution in [2.24, 2.45) is 11.3 Å². The Bertz CT molecular complexity index is 945. The molecule has 2 saturated heterocycles. The molecule has 2 N–H and O–H groups in total. The maximum Gasteiger partial charge on any atom is 0.230 e. The third kappa shape index (κ3) is 3.97. The van der Waals surface area contributed by atoms with Crippen molar-refractivity contribution in [2.75, 3.05) is 29.9 Å². The van der Waals surface area contributed by atoms with Crippen LogP contribution in [0.1, 0.15) is 63.4 Å². The van der Waals surface area contributed by atoms with Crippen LogP contribution in [0.25, 0.3) is 0 Å². The van der Waals surface area contributed by atoms with E-state index >= 15 is 0 Å². The molecule has 2 amide bonds. The predicted molar refractivity (Wildman–Crippen MR) is 121 cm³/mol. The van der Waals surface area contributed by atoms with E-state index in [0.717, 1.165) is 76.6 Å². The lowest BCUT2D eigenvalue weighted by atomic mass is 9.78. The Morgan fingerprint density at radius 2 is 1.91 bits per heavy atom. The van der Waals surface area contributed by atoms with Crippen molar-refractivity contribution in [1.82, 2.24) is 4.90 Å². The van der Waals surface area contributed by atoms with Crippen molar-refractivity contribution in [3.05, 3.63) is 23.8 Å². The third-order valence-corrected chi connectivity index (χ3v) is 7.90. The first-order valence-electron chi connectivity index (χ1n) is 12.1. The number of nitrogens with one attached hydrogen (secondary N) is 1. The van der Waals surface area contributed by atoms with E-state index in [-0.39, 0.29) is 35.3 Å². The van der Waals surface area contributed by atoms with Crippen LogP contribution in [0.5, 0.6) is 0 Å². The zero-order valence-corrected chi connectivity index (χ0v) is 18.6. The maximum absolute atomic E-state index is 13.6. The van der Waals surface area contributed by atoms with Gasteiger partial charge in [-0.3, -0.25) is 9.59 Å². The van der Waals surface area contributed by atoms with Gasteiger partial charge in [0.2, 0.25) is 11.8 Å². The van der Waals surface area contributed by atoms with Crippen LogP contribution in [-0.4, -0.2) is 53.6 Å². The molecule has 1 aromatic rings. The molecule has 1 aromatic carbocycles. The second kappa shape index (κ2) is 8.40. The first kappa shape index (κ1) is 21.3. The predicted octanol–water partition coefficient (Wildman–Crippen LogP) is 3.03. The number of rotatable bonds is 4. The molecular formula is C25H32N4O3. The molecule has 7 nitrogen and oxygen atoms in total. The summed E-state index contributed by atoms with van der Waals surface area (Å²) in [6.45, 7) is 2.26. The molecule has 4 fully saturated rings. The highest BCUT2D eigenvalue weighted by atomic mass is 16.3. The summed E-state index contributed by atoms with van der Waals surface area (Å²) in [5.41, 5.74) is 1.68. The minimum absolute atomic E-state index is 0.0328. The Morgan fingerprint density at radius 3 is 2.62 bits per heavy atom. The smallest absolute Gasteiger partial charge is 0.230 e. The summed E-state index contributed by atoms with van der Waals surface area (Å²) in [6, 6.07) is 8.09. The lowest BCUT2D eigenvalue weighted by molar-refractivity contribution is -0.139. The first-order chi connectivity index (χ1) is 15.5. The highest BCUT2D eigenvalue weighted by Crippen LogP contribution is 2.44. The number of nitriles is 1. The van der Waals surface area contributed by atoms with Gasteiger partial charge in [-0.25, -0.2) is 0 Å². The molecule has 2 aliphatic heterocycles. The number of hydrogen-bond acceptors (Lipinski definition) is 5. The van der Waals surface area contributed by atoms with Crippen molar-refractivity contribution in [3.63, 3.8) is 0 Å². The summed E-state index contributed by atoms with van der Waals surface area (Å²) in [5.74, 6) is 0.409. The van der Waals surface area contributed by atoms with E-state index in [1.165, 1.54) is 0 Å². The summed E-state index contributed by atoms with van der Waals surface area (Å²) < 4.78 is 0. The molecule has 32 heavy (non-hydrogen) atoms. The molecule has 0 bridgehead atoms. The Labute approximate surface area is 189 Å². The maximum atomic E-state index is 13.6. The van der Waals surface area contributed by atoms with E-state index in [0.29, 0.717) is 17.8 Å². The van der Waals surface area contributed by atoms with Crippen LogP contribution < -0.4 is 10.2 Å². The zero-order valence-electron chi connectivity index (χ0n) is 18.6. The number of carbonyl (C=O) groups excluding carboxylic acids is 2. The van der Waals surface area contributed by atoms with Gasteiger partial charge in [0.15, 0.2) is 0 Å². The van der Waals surface area contributed by atoms with Crippen LogP contribution in [0, 0.1) is 22.7 Å². The Kier molecular flexibility index (Phi) is 5.58. The fourth-order valence-corrected chi connectivity index (χ4v) is 5.85. The van der Waals surface area contributed by atoms with Gasteiger partial charge in [-0.2, -0.15) is 5.26 Å². The minimum atomic E-state index is -0.375. The molecule has 2 aliphatic carbocycles. The Morgan fingerprint density at radius 1 is 1.12 bits per heavy atom. The molecule has 1 atom stereocenters. The van der Waals surface area contributed by atoms with E-state index in [1.807, 2.05) is 12.1 Å². The quantitative estimate of drug-likeness (QED) is 0.756. The Balaban J connectivity index is 1.31. The standard InChI is InChI=1S/C25H32N4O3/c26-15-18-14-19(27-23(31)17-2-3-17)4-9-22(18)28-12-1-10-25(16-28)11-13-29(24(25)32)20-5-7-21(30)8-6-20/h4,9,14,17,20-21,30H,1-3,5-8,10-13,16H2,(H,27,31)/t20-,21-,25-/m1/s1. The van der Waals surface area contributed by atoms with Gasteiger partial charge in [-0.15, -0.1) is 0 Å². The van der Waals surface area contributed by atoms with Crippen LogP contribution in [0.2, 0.25) is 0 Å². The van der Waals surface area contributed by atoms with Gasteiger partial charge in [0.05, 0.1) is 22.8 Å². The minimum Gasteiger partial charge on any atom is -0.393 e. The summed E-state index contributed by atoms with van der Waals surface area (Å²) in [6.07, 6.45) is 7.68. The second-order valence-electron chi connectivity index (χ2n) is 10.1. The number of amides is 2. The second-order valence-corrected chi connectivity index (χ2v) is 10.1. The van der Waals surface area contributed by atoms with Crippen LogP contribution in [0.3, 0.4) is 0 Å². The number of benzene rings is 1. The van der Waals surface area contributed by atoms with E-state index in [4.69, 9.17) is 0 Å². The molecule has 2 saturated carbocycles. The summed E-state index contributed by atoms with van der Waals surface area (Å²) in [7, 11) is 0. The van der Waals surface area contributed by atoms with Gasteiger partial charge in [-0.1, -0.05) is 0 Å². The number of hydrogen-bond donors (Lipinski definition) is 2. The zero-order chi connectivity index (χ0) is 22.3. The van der Waals surface area contributed by atoms with Gasteiger partial charge in [0.1, 0.15) is 6.07 Å². The molecular weight excluding hydrogens is 404 g/mol. The van der Waals surface area contributed by atoms with Crippen molar-refractivity contribution in [3.8, 4) is 6.07 Å². The summed E-state index contributed by atoms with van der Waals surface area (Å²) >= 11 is 0. The molecule has 5 rings (SSSR count). The third-order valence-electron chi connectivity index (χ3n) is 7.90. The highest BCUT2D eigenvalue weighted by Gasteiger charge is 2.50. The van der Waals surface area contributed by atoms with E-state index < -0.39 is 0 Å². The fourth-order valence-electron chi connectivity index (χ4n) is 5.85. The average Bonchev–Trinajstić information content (AvgIpc) is 3.61. The number of likely N-dealkylation sites (tertiary alicyclic amines) is 1. The van der Waals surface area contributed by atoms with Crippen molar-refractivity contribution >= 4 is 23.2 Å². The van der Waals surface area contributed by atoms with Crippen molar-refractivity contribution < 1.29 is 14.7 Å². The average molecular weight is 437 g/mol. The van der Waals surface area contributed by atoms with Crippen molar-refractivity contribution in [1.29, 1.82) is 5.26 Å². The highest BCUT2D eigenvalue weighted by molar-refractivity contribution is 5.94. The van der Waals surface area contributed by atoms with Crippen molar-refractivity contribution in [2.45, 2.75) is 69.9 Å². The fraction of sp³-hybridized carbons (Fsp3) is 0.640. The first-order valence-corrected chi connectivity index (χ1v) is 12.1. The SMILES string of the molecule is N#Cc1cc(NC(=O)C2CC2)ccc1N1CCC[C@@]2(CCN([C@H]3CC[C@H](O)CC3)C2=O)C1. The van der Waals surface area contributed by atoms with Gasteiger partial charge in [-0.05, 0) is 76.0 Å². The molecule has 170 valence electrons. The molecule has 0 unspecified atom stereocenters. The summed E-state index contributed by atoms with van der Waals surface area (Å²) in [5, 5.41) is 22.5. The van der Waals surface area contributed by atoms with E-state index in [2.05, 4.69) is 21.2 Å². The van der Waals surface area contributed by atoms with Gasteiger partial charge in [0.25, 0.3) is 0 Å². The monoisotopic (exact) mass is 436 g/mol. The molecule has 7 heteroatoms. The normalized spacial score (nSPS) is 30.4. The summed E-state index contributed by atoms with van der Waals surface area (Å²) in [4.78, 5) is 29.9. The van der Waals surface area contributed by atoms with E-state index in [9.17, 15) is 20.0 Å². The number of nitrogens with zero attached hydrogens (tertiary/aromatic N) is 3. The molecule has 2 heterocycles. The van der Waals surface area contributed by atoms with Crippen LogP contribution >= 0.6 is 0 Å². The van der Waals surface area contributed by atoms with Gasteiger partial charge < -0.3 is 20.2 Å². The number of aliphatic hydroxyl groups is 1. The van der Waals surface area contributed by atoms with Gasteiger partial charge in [0, 0.05) is 37.3 Å². The van der Waals surface area contributed by atoms with Crippen LogP contribution in [0.15, 0.2) is 18.2 Å².